The molecule has 0 aliphatic carbocycles. The number of carbonyl (C=O) groups excluding carboxylic acids is 3. The Bertz CT molecular complexity index is 1020. The molecule has 1 fully saturated rings. The Kier molecular flexibility index (Phi) is 7.16. The van der Waals surface area contributed by atoms with Crippen LogP contribution in [0, 0.1) is 0 Å². The third kappa shape index (κ3) is 5.97. The van der Waals surface area contributed by atoms with Crippen LogP contribution in [0.1, 0.15) is 20.7 Å². The van der Waals surface area contributed by atoms with E-state index in [9.17, 15) is 22.8 Å². The standard InChI is InChI=1S/C21H20O9S/c1-31(25,26)30-19-17(13-27-20(23)14-8-4-2-5-9-14)28-16(12-22)18(19)29-21(24)15-10-6-3-7-11-15/h2-12,16-19H,13H2,1H3/t16-,17+,18-,19+/m0/s1. The molecular weight excluding hydrogens is 428 g/mol. The lowest BCUT2D eigenvalue weighted by Crippen LogP contribution is -2.42. The third-order valence-electron chi connectivity index (χ3n) is 4.41. The summed E-state index contributed by atoms with van der Waals surface area (Å²) in [5.74, 6) is -1.46. The molecule has 0 N–H and O–H groups in total. The fourth-order valence-corrected chi connectivity index (χ4v) is 3.67. The normalized spacial score (nSPS) is 23.1. The van der Waals surface area contributed by atoms with Crippen LogP contribution in [0.5, 0.6) is 0 Å². The van der Waals surface area contributed by atoms with Crippen molar-refractivity contribution in [3.8, 4) is 0 Å². The SMILES string of the molecule is CS(=O)(=O)O[C@H]1[C@@H](OC(=O)c2ccccc2)[C@H](C=O)O[C@@H]1COC(=O)c1ccccc1. The summed E-state index contributed by atoms with van der Waals surface area (Å²) in [5, 5.41) is 0. The van der Waals surface area contributed by atoms with Crippen LogP contribution in [0.2, 0.25) is 0 Å². The van der Waals surface area contributed by atoms with Gasteiger partial charge in [-0.05, 0) is 24.3 Å². The van der Waals surface area contributed by atoms with Crippen LogP contribution >= 0.6 is 0 Å². The van der Waals surface area contributed by atoms with E-state index in [0.717, 1.165) is 6.26 Å². The van der Waals surface area contributed by atoms with Gasteiger partial charge in [-0.3, -0.25) is 4.18 Å². The molecule has 0 bridgehead atoms. The molecular formula is C21H20O9S. The van der Waals surface area contributed by atoms with E-state index in [1.165, 1.54) is 12.1 Å². The lowest BCUT2D eigenvalue weighted by molar-refractivity contribution is -0.121. The van der Waals surface area contributed by atoms with Gasteiger partial charge in [-0.2, -0.15) is 8.42 Å². The predicted molar refractivity (Wildman–Crippen MR) is 107 cm³/mol. The van der Waals surface area contributed by atoms with Crippen molar-refractivity contribution in [3.05, 3.63) is 71.8 Å². The monoisotopic (exact) mass is 448 g/mol. The summed E-state index contributed by atoms with van der Waals surface area (Å²) in [7, 11) is -4.02. The number of esters is 2. The van der Waals surface area contributed by atoms with Crippen molar-refractivity contribution < 1.29 is 41.2 Å². The molecule has 10 heteroatoms. The van der Waals surface area contributed by atoms with Gasteiger partial charge in [-0.25, -0.2) is 9.59 Å². The van der Waals surface area contributed by atoms with Gasteiger partial charge in [0.15, 0.2) is 18.5 Å². The molecule has 0 unspecified atom stereocenters. The summed E-state index contributed by atoms with van der Waals surface area (Å²) in [5.41, 5.74) is 0.476. The number of benzene rings is 2. The Balaban J connectivity index is 1.77. The molecule has 0 aromatic heterocycles. The van der Waals surface area contributed by atoms with Gasteiger partial charge in [0.2, 0.25) is 0 Å². The van der Waals surface area contributed by atoms with Crippen LogP contribution in [0.4, 0.5) is 0 Å². The van der Waals surface area contributed by atoms with E-state index in [2.05, 4.69) is 0 Å². The van der Waals surface area contributed by atoms with Gasteiger partial charge in [0.25, 0.3) is 10.1 Å². The molecule has 0 spiro atoms. The molecule has 1 aliphatic rings. The van der Waals surface area contributed by atoms with E-state index < -0.39 is 53.1 Å². The zero-order chi connectivity index (χ0) is 22.4. The first-order valence-corrected chi connectivity index (χ1v) is 11.1. The number of carbonyl (C=O) groups is 3. The first-order chi connectivity index (χ1) is 14.8. The highest BCUT2D eigenvalue weighted by atomic mass is 32.2. The molecule has 31 heavy (non-hydrogen) atoms. The van der Waals surface area contributed by atoms with Gasteiger partial charge in [0.05, 0.1) is 17.4 Å². The van der Waals surface area contributed by atoms with E-state index in [-0.39, 0.29) is 11.1 Å². The molecule has 0 saturated carbocycles. The average molecular weight is 448 g/mol. The molecule has 164 valence electrons. The number of hydrogen-bond donors (Lipinski definition) is 0. The van der Waals surface area contributed by atoms with E-state index >= 15 is 0 Å². The Hall–Kier alpha value is -3.08. The second-order valence-electron chi connectivity index (χ2n) is 6.74. The van der Waals surface area contributed by atoms with Crippen molar-refractivity contribution in [2.75, 3.05) is 12.9 Å². The van der Waals surface area contributed by atoms with Crippen LogP contribution < -0.4 is 0 Å². The zero-order valence-corrected chi connectivity index (χ0v) is 17.3. The van der Waals surface area contributed by atoms with Gasteiger partial charge in [0, 0.05) is 0 Å². The molecule has 4 atom stereocenters. The van der Waals surface area contributed by atoms with Crippen molar-refractivity contribution in [1.29, 1.82) is 0 Å². The van der Waals surface area contributed by atoms with Crippen LogP contribution in [0.3, 0.4) is 0 Å². The van der Waals surface area contributed by atoms with Gasteiger partial charge >= 0.3 is 11.9 Å². The fourth-order valence-electron chi connectivity index (χ4n) is 3.03. The smallest absolute Gasteiger partial charge is 0.338 e. The Morgan fingerprint density at radius 3 is 2.00 bits per heavy atom. The summed E-state index contributed by atoms with van der Waals surface area (Å²) >= 11 is 0. The molecule has 2 aromatic rings. The van der Waals surface area contributed by atoms with Crippen molar-refractivity contribution >= 4 is 28.3 Å². The van der Waals surface area contributed by atoms with Crippen molar-refractivity contribution in [2.24, 2.45) is 0 Å². The van der Waals surface area contributed by atoms with Crippen LogP contribution in [0.25, 0.3) is 0 Å². The minimum absolute atomic E-state index is 0.198. The largest absolute Gasteiger partial charge is 0.459 e. The number of hydrogen-bond acceptors (Lipinski definition) is 9. The Morgan fingerprint density at radius 1 is 0.935 bits per heavy atom. The minimum atomic E-state index is -4.02. The van der Waals surface area contributed by atoms with Crippen molar-refractivity contribution in [3.63, 3.8) is 0 Å². The highest BCUT2D eigenvalue weighted by Gasteiger charge is 2.50. The molecule has 1 saturated heterocycles. The summed E-state index contributed by atoms with van der Waals surface area (Å²) in [6, 6.07) is 16.1. The quantitative estimate of drug-likeness (QED) is 0.335. The molecule has 9 nitrogen and oxygen atoms in total. The van der Waals surface area contributed by atoms with E-state index in [4.69, 9.17) is 18.4 Å². The van der Waals surface area contributed by atoms with Crippen molar-refractivity contribution in [1.82, 2.24) is 0 Å². The highest BCUT2D eigenvalue weighted by Crippen LogP contribution is 2.28. The third-order valence-corrected chi connectivity index (χ3v) is 4.98. The van der Waals surface area contributed by atoms with Gasteiger partial charge in [-0.1, -0.05) is 36.4 Å². The topological polar surface area (TPSA) is 122 Å². The van der Waals surface area contributed by atoms with E-state index in [1.54, 1.807) is 48.5 Å². The molecule has 0 radical (unpaired) electrons. The second-order valence-corrected chi connectivity index (χ2v) is 8.34. The highest BCUT2D eigenvalue weighted by molar-refractivity contribution is 7.86. The predicted octanol–water partition coefficient (Wildman–Crippen LogP) is 1.38. The van der Waals surface area contributed by atoms with E-state index in [1.807, 2.05) is 0 Å². The summed E-state index contributed by atoms with van der Waals surface area (Å²) < 4.78 is 44.6. The molecule has 1 aliphatic heterocycles. The van der Waals surface area contributed by atoms with E-state index in [0.29, 0.717) is 6.29 Å². The fraction of sp³-hybridized carbons (Fsp3) is 0.286. The average Bonchev–Trinajstić information content (AvgIpc) is 3.08. The number of aldehydes is 1. The zero-order valence-electron chi connectivity index (χ0n) is 16.4. The van der Waals surface area contributed by atoms with Crippen LogP contribution in [0.15, 0.2) is 60.7 Å². The maximum Gasteiger partial charge on any atom is 0.338 e. The summed E-state index contributed by atoms with van der Waals surface area (Å²) in [6.45, 7) is -0.419. The first-order valence-electron chi connectivity index (χ1n) is 9.25. The summed E-state index contributed by atoms with van der Waals surface area (Å²) in [6.07, 6.45) is -4.03. The second kappa shape index (κ2) is 9.82. The van der Waals surface area contributed by atoms with Gasteiger partial charge in [0.1, 0.15) is 18.8 Å². The maximum atomic E-state index is 12.4. The van der Waals surface area contributed by atoms with Gasteiger partial charge < -0.3 is 19.0 Å². The minimum Gasteiger partial charge on any atom is -0.459 e. The summed E-state index contributed by atoms with van der Waals surface area (Å²) in [4.78, 5) is 36.2. The van der Waals surface area contributed by atoms with Gasteiger partial charge in [-0.15, -0.1) is 0 Å². The molecule has 2 aromatic carbocycles. The van der Waals surface area contributed by atoms with Crippen LogP contribution in [-0.4, -0.2) is 63.9 Å². The maximum absolute atomic E-state index is 12.4. The van der Waals surface area contributed by atoms with Crippen molar-refractivity contribution in [2.45, 2.75) is 24.4 Å². The van der Waals surface area contributed by atoms with Crippen LogP contribution in [-0.2, 0) is 33.3 Å². The number of ether oxygens (including phenoxy) is 3. The molecule has 1 heterocycles. The lowest BCUT2D eigenvalue weighted by atomic mass is 10.1. The number of rotatable bonds is 8. The Morgan fingerprint density at radius 2 is 1.48 bits per heavy atom. The Labute approximate surface area is 179 Å². The lowest BCUT2D eigenvalue weighted by Gasteiger charge is -2.22. The molecule has 3 rings (SSSR count). The first kappa shape index (κ1) is 22.6. The molecule has 0 amide bonds.